The maximum atomic E-state index is 12.9. The van der Waals surface area contributed by atoms with Crippen molar-refractivity contribution in [1.29, 1.82) is 0 Å². The van der Waals surface area contributed by atoms with E-state index in [1.165, 1.54) is 11.0 Å². The Bertz CT molecular complexity index is 832. The van der Waals surface area contributed by atoms with Crippen molar-refractivity contribution in [3.8, 4) is 5.75 Å². The summed E-state index contributed by atoms with van der Waals surface area (Å²) in [6.45, 7) is 5.07. The predicted molar refractivity (Wildman–Crippen MR) is 97.4 cm³/mol. The highest BCUT2D eigenvalue weighted by atomic mass is 79.9. The molecule has 0 aromatic heterocycles. The monoisotopic (exact) mass is 488 g/mol. The summed E-state index contributed by atoms with van der Waals surface area (Å²) in [5.74, 6) is -0.815. The number of benzene rings is 1. The zero-order valence-electron chi connectivity index (χ0n) is 15.4. The normalized spacial score (nSPS) is 16.8. The number of alkyl halides is 3. The summed E-state index contributed by atoms with van der Waals surface area (Å²) in [7, 11) is -4.27. The third-order valence-electron chi connectivity index (χ3n) is 3.64. The van der Waals surface area contributed by atoms with Gasteiger partial charge < -0.3 is 14.4 Å². The minimum atomic E-state index is -5.03. The molecule has 0 bridgehead atoms. The van der Waals surface area contributed by atoms with E-state index in [-0.39, 0.29) is 30.7 Å². The number of amides is 1. The molecule has 1 aliphatic heterocycles. The number of halogens is 4. The van der Waals surface area contributed by atoms with E-state index in [4.69, 9.17) is 4.74 Å². The Labute approximate surface area is 169 Å². The lowest BCUT2D eigenvalue weighted by Gasteiger charge is -2.35. The second-order valence-corrected chi connectivity index (χ2v) is 9.83. The third kappa shape index (κ3) is 5.98. The summed E-state index contributed by atoms with van der Waals surface area (Å²) >= 11 is 3.06. The highest BCUT2D eigenvalue weighted by Crippen LogP contribution is 2.34. The number of rotatable bonds is 3. The zero-order valence-corrected chi connectivity index (χ0v) is 17.8. The average Bonchev–Trinajstić information content (AvgIpc) is 2.53. The van der Waals surface area contributed by atoms with Crippen molar-refractivity contribution in [2.24, 2.45) is 0 Å². The SMILES string of the molecule is CC(C)(C)OC(=O)N1CCN(S(=O)(=O)c2cc(Br)ccc2OC(F)(F)F)CC1. The lowest BCUT2D eigenvalue weighted by atomic mass is 10.2. The second-order valence-electron chi connectivity index (χ2n) is 7.01. The van der Waals surface area contributed by atoms with E-state index < -0.39 is 38.7 Å². The number of ether oxygens (including phenoxy) is 2. The van der Waals surface area contributed by atoms with E-state index in [1.54, 1.807) is 20.8 Å². The van der Waals surface area contributed by atoms with E-state index in [9.17, 15) is 26.4 Å². The van der Waals surface area contributed by atoms with Crippen molar-refractivity contribution in [3.63, 3.8) is 0 Å². The highest BCUT2D eigenvalue weighted by Gasteiger charge is 2.37. The number of carbonyl (C=O) groups is 1. The van der Waals surface area contributed by atoms with Gasteiger partial charge in [0.1, 0.15) is 16.2 Å². The van der Waals surface area contributed by atoms with Crippen LogP contribution in [0.2, 0.25) is 0 Å². The Kier molecular flexibility index (Phi) is 6.56. The number of hydrogen-bond donors (Lipinski definition) is 0. The van der Waals surface area contributed by atoms with Crippen LogP contribution in [0.3, 0.4) is 0 Å². The van der Waals surface area contributed by atoms with E-state index in [0.29, 0.717) is 0 Å². The van der Waals surface area contributed by atoms with E-state index >= 15 is 0 Å². The highest BCUT2D eigenvalue weighted by molar-refractivity contribution is 9.10. The third-order valence-corrected chi connectivity index (χ3v) is 6.05. The second kappa shape index (κ2) is 8.07. The first-order chi connectivity index (χ1) is 12.7. The molecule has 1 amide bonds. The molecule has 0 spiro atoms. The van der Waals surface area contributed by atoms with Gasteiger partial charge >= 0.3 is 12.5 Å². The van der Waals surface area contributed by atoms with Crippen LogP contribution in [0, 0.1) is 0 Å². The van der Waals surface area contributed by atoms with Gasteiger partial charge in [-0.05, 0) is 39.0 Å². The van der Waals surface area contributed by atoms with Gasteiger partial charge in [-0.3, -0.25) is 0 Å². The minimum Gasteiger partial charge on any atom is -0.444 e. The van der Waals surface area contributed by atoms with Crippen molar-refractivity contribution >= 4 is 32.0 Å². The molecule has 0 aliphatic carbocycles. The molecule has 28 heavy (non-hydrogen) atoms. The van der Waals surface area contributed by atoms with Crippen LogP contribution >= 0.6 is 15.9 Å². The fourth-order valence-corrected chi connectivity index (χ4v) is 4.54. The van der Waals surface area contributed by atoms with Crippen LogP contribution < -0.4 is 4.74 Å². The Balaban J connectivity index is 2.19. The van der Waals surface area contributed by atoms with Crippen LogP contribution in [0.4, 0.5) is 18.0 Å². The van der Waals surface area contributed by atoms with Gasteiger partial charge in [-0.15, -0.1) is 13.2 Å². The van der Waals surface area contributed by atoms with Gasteiger partial charge in [0.2, 0.25) is 10.0 Å². The lowest BCUT2D eigenvalue weighted by Crippen LogP contribution is -2.51. The van der Waals surface area contributed by atoms with Crippen LogP contribution in [-0.2, 0) is 14.8 Å². The average molecular weight is 489 g/mol. The Morgan fingerprint density at radius 1 is 1.11 bits per heavy atom. The molecule has 1 heterocycles. The molecule has 1 aromatic carbocycles. The molecule has 12 heteroatoms. The molecule has 0 unspecified atom stereocenters. The molecule has 1 aliphatic rings. The standard InChI is InChI=1S/C16H20BrF3N2O5S/c1-15(2,3)27-14(23)21-6-8-22(9-7-21)28(24,25)13-10-11(17)4-5-12(13)26-16(18,19)20/h4-5,10H,6-9H2,1-3H3. The van der Waals surface area contributed by atoms with Gasteiger partial charge in [0, 0.05) is 30.7 Å². The van der Waals surface area contributed by atoms with Crippen LogP contribution in [-0.4, -0.2) is 61.9 Å². The summed E-state index contributed by atoms with van der Waals surface area (Å²) in [5, 5.41) is 0. The van der Waals surface area contributed by atoms with Gasteiger partial charge in [0.25, 0.3) is 0 Å². The van der Waals surface area contributed by atoms with Crippen LogP contribution in [0.15, 0.2) is 27.6 Å². The lowest BCUT2D eigenvalue weighted by molar-refractivity contribution is -0.275. The van der Waals surface area contributed by atoms with Crippen molar-refractivity contribution in [1.82, 2.24) is 9.21 Å². The molecule has 158 valence electrons. The summed E-state index contributed by atoms with van der Waals surface area (Å²) in [6, 6.07) is 3.23. The van der Waals surface area contributed by atoms with Gasteiger partial charge in [0.15, 0.2) is 0 Å². The molecule has 7 nitrogen and oxygen atoms in total. The van der Waals surface area contributed by atoms with Gasteiger partial charge in [-0.2, -0.15) is 4.31 Å². The van der Waals surface area contributed by atoms with Gasteiger partial charge in [-0.25, -0.2) is 13.2 Å². The fraction of sp³-hybridized carbons (Fsp3) is 0.562. The van der Waals surface area contributed by atoms with Crippen molar-refractivity contribution < 1.29 is 35.9 Å². The van der Waals surface area contributed by atoms with Crippen molar-refractivity contribution in [3.05, 3.63) is 22.7 Å². The molecule has 1 fully saturated rings. The maximum Gasteiger partial charge on any atom is 0.573 e. The number of piperazine rings is 1. The predicted octanol–water partition coefficient (Wildman–Crippen LogP) is 3.59. The smallest absolute Gasteiger partial charge is 0.444 e. The first kappa shape index (κ1) is 22.8. The summed E-state index contributed by atoms with van der Waals surface area (Å²) in [4.78, 5) is 12.8. The molecular formula is C16H20BrF3N2O5S. The molecular weight excluding hydrogens is 469 g/mol. The molecule has 0 N–H and O–H groups in total. The quantitative estimate of drug-likeness (QED) is 0.649. The first-order valence-electron chi connectivity index (χ1n) is 8.22. The first-order valence-corrected chi connectivity index (χ1v) is 10.5. The van der Waals surface area contributed by atoms with Crippen molar-refractivity contribution in [2.75, 3.05) is 26.2 Å². The van der Waals surface area contributed by atoms with E-state index in [0.717, 1.165) is 16.4 Å². The summed E-state index contributed by atoms with van der Waals surface area (Å²) in [6.07, 6.45) is -5.61. The van der Waals surface area contributed by atoms with E-state index in [2.05, 4.69) is 20.7 Å². The molecule has 0 atom stereocenters. The topological polar surface area (TPSA) is 76.2 Å². The van der Waals surface area contributed by atoms with Crippen LogP contribution in [0.1, 0.15) is 20.8 Å². The van der Waals surface area contributed by atoms with Crippen molar-refractivity contribution in [2.45, 2.75) is 37.6 Å². The van der Waals surface area contributed by atoms with Crippen LogP contribution in [0.5, 0.6) is 5.75 Å². The number of sulfonamides is 1. The summed E-state index contributed by atoms with van der Waals surface area (Å²) < 4.78 is 74.0. The number of carbonyl (C=O) groups excluding carboxylic acids is 1. The number of nitrogens with zero attached hydrogens (tertiary/aromatic N) is 2. The van der Waals surface area contributed by atoms with Gasteiger partial charge in [0.05, 0.1) is 0 Å². The molecule has 1 aromatic rings. The molecule has 0 radical (unpaired) electrons. The largest absolute Gasteiger partial charge is 0.573 e. The van der Waals surface area contributed by atoms with Crippen LogP contribution in [0.25, 0.3) is 0 Å². The molecule has 0 saturated carbocycles. The zero-order chi connectivity index (χ0) is 21.3. The fourth-order valence-electron chi connectivity index (χ4n) is 2.47. The summed E-state index contributed by atoms with van der Waals surface area (Å²) in [5.41, 5.74) is -0.694. The van der Waals surface area contributed by atoms with E-state index in [1.807, 2.05) is 0 Å². The maximum absolute atomic E-state index is 12.9. The van der Waals surface area contributed by atoms with Gasteiger partial charge in [-0.1, -0.05) is 15.9 Å². The number of hydrogen-bond acceptors (Lipinski definition) is 5. The Hall–Kier alpha value is -1.53. The Morgan fingerprint density at radius 3 is 2.18 bits per heavy atom. The molecule has 2 rings (SSSR count). The minimum absolute atomic E-state index is 0.0532. The molecule has 1 saturated heterocycles. The Morgan fingerprint density at radius 2 is 1.68 bits per heavy atom.